The van der Waals surface area contributed by atoms with Crippen LogP contribution in [-0.4, -0.2) is 35.0 Å². The molecule has 1 aromatic carbocycles. The van der Waals surface area contributed by atoms with Gasteiger partial charge in [-0.3, -0.25) is 10.1 Å². The molecule has 0 spiro atoms. The molecule has 0 radical (unpaired) electrons. The molecule has 0 saturated heterocycles. The minimum absolute atomic E-state index is 0.155. The Labute approximate surface area is 136 Å². The molecule has 1 aliphatic heterocycles. The summed E-state index contributed by atoms with van der Waals surface area (Å²) < 4.78 is 2.23. The Balaban J connectivity index is 2.09. The Morgan fingerprint density at radius 3 is 2.91 bits per heavy atom. The van der Waals surface area contributed by atoms with Gasteiger partial charge in [0.1, 0.15) is 0 Å². The molecule has 5 heteroatoms. The number of nitrogens with zero attached hydrogens (tertiary/aromatic N) is 3. The Bertz CT molecular complexity index is 759. The number of rotatable bonds is 4. The van der Waals surface area contributed by atoms with E-state index in [0.717, 1.165) is 42.8 Å². The molecule has 23 heavy (non-hydrogen) atoms. The average molecular weight is 311 g/mol. The average Bonchev–Trinajstić information content (AvgIpc) is 2.92. The molecule has 0 unspecified atom stereocenters. The van der Waals surface area contributed by atoms with Crippen LogP contribution in [0.5, 0.6) is 0 Å². The fourth-order valence-electron chi connectivity index (χ4n) is 3.06. The van der Waals surface area contributed by atoms with E-state index in [1.165, 1.54) is 5.56 Å². The molecule has 1 aliphatic rings. The van der Waals surface area contributed by atoms with Crippen molar-refractivity contribution in [2.75, 3.05) is 20.6 Å². The van der Waals surface area contributed by atoms with Gasteiger partial charge < -0.3 is 9.47 Å². The largest absolute Gasteiger partial charge is 0.347 e. The molecule has 120 valence electrons. The third-order valence-electron chi connectivity index (χ3n) is 4.25. The van der Waals surface area contributed by atoms with Crippen molar-refractivity contribution in [1.29, 1.82) is 0 Å². The summed E-state index contributed by atoms with van der Waals surface area (Å²) in [6.07, 6.45) is 6.09. The maximum absolute atomic E-state index is 11.2. The summed E-state index contributed by atoms with van der Waals surface area (Å²) >= 11 is 0. The Morgan fingerprint density at radius 1 is 1.35 bits per heavy atom. The van der Waals surface area contributed by atoms with Gasteiger partial charge in [0.2, 0.25) is 0 Å². The minimum Gasteiger partial charge on any atom is -0.347 e. The van der Waals surface area contributed by atoms with E-state index in [1.807, 2.05) is 26.2 Å². The van der Waals surface area contributed by atoms with Crippen LogP contribution >= 0.6 is 0 Å². The lowest BCUT2D eigenvalue weighted by Gasteiger charge is -2.12. The first kappa shape index (κ1) is 15.5. The van der Waals surface area contributed by atoms with Crippen LogP contribution in [0.25, 0.3) is 5.57 Å². The molecular weight excluding hydrogens is 290 g/mol. The molecular formula is C18H21N3O2. The Kier molecular flexibility index (Phi) is 4.30. The van der Waals surface area contributed by atoms with E-state index in [2.05, 4.69) is 27.8 Å². The third-order valence-corrected chi connectivity index (χ3v) is 4.25. The molecule has 0 N–H and O–H groups in total. The maximum atomic E-state index is 11.2. The molecule has 2 aromatic rings. The van der Waals surface area contributed by atoms with Crippen LogP contribution in [0.4, 0.5) is 5.69 Å². The fraction of sp³-hybridized carbons (Fsp3) is 0.333. The van der Waals surface area contributed by atoms with Crippen molar-refractivity contribution < 1.29 is 4.92 Å². The van der Waals surface area contributed by atoms with Crippen LogP contribution < -0.4 is 0 Å². The lowest BCUT2D eigenvalue weighted by atomic mass is 9.95. The highest BCUT2D eigenvalue weighted by atomic mass is 16.6. The predicted molar refractivity (Wildman–Crippen MR) is 91.5 cm³/mol. The van der Waals surface area contributed by atoms with Crippen LogP contribution in [0.1, 0.15) is 23.2 Å². The summed E-state index contributed by atoms with van der Waals surface area (Å²) in [6.45, 7) is 1.85. The number of aryl methyl sites for hydroxylation is 2. The van der Waals surface area contributed by atoms with E-state index in [9.17, 15) is 10.1 Å². The van der Waals surface area contributed by atoms with E-state index in [4.69, 9.17) is 0 Å². The van der Waals surface area contributed by atoms with E-state index in [1.54, 1.807) is 12.1 Å². The highest BCUT2D eigenvalue weighted by Gasteiger charge is 2.20. The normalized spacial score (nSPS) is 15.3. The summed E-state index contributed by atoms with van der Waals surface area (Å²) in [4.78, 5) is 13.0. The molecule has 0 fully saturated rings. The van der Waals surface area contributed by atoms with Crippen molar-refractivity contribution in [2.45, 2.75) is 19.4 Å². The van der Waals surface area contributed by atoms with Crippen LogP contribution in [0.3, 0.4) is 0 Å². The van der Waals surface area contributed by atoms with Gasteiger partial charge in [0.25, 0.3) is 5.69 Å². The topological polar surface area (TPSA) is 51.3 Å². The molecule has 0 bridgehead atoms. The zero-order valence-corrected chi connectivity index (χ0v) is 13.5. The molecule has 0 saturated carbocycles. The summed E-state index contributed by atoms with van der Waals surface area (Å²) in [7, 11) is 4.10. The second-order valence-corrected chi connectivity index (χ2v) is 6.15. The molecule has 2 heterocycles. The van der Waals surface area contributed by atoms with Crippen molar-refractivity contribution in [3.63, 3.8) is 0 Å². The monoisotopic (exact) mass is 311 g/mol. The van der Waals surface area contributed by atoms with Crippen molar-refractivity contribution in [3.05, 3.63) is 69.5 Å². The number of non-ortho nitro benzene ring substituents is 1. The van der Waals surface area contributed by atoms with Gasteiger partial charge in [0, 0.05) is 42.7 Å². The van der Waals surface area contributed by atoms with Crippen LogP contribution in [0.2, 0.25) is 0 Å². The first-order valence-corrected chi connectivity index (χ1v) is 7.84. The summed E-state index contributed by atoms with van der Waals surface area (Å²) in [6, 6.07) is 9.36. The van der Waals surface area contributed by atoms with Crippen LogP contribution in [0, 0.1) is 10.1 Å². The molecule has 0 atom stereocenters. The minimum atomic E-state index is -0.318. The highest BCUT2D eigenvalue weighted by molar-refractivity contribution is 5.81. The Morgan fingerprint density at radius 2 is 2.17 bits per heavy atom. The van der Waals surface area contributed by atoms with Crippen LogP contribution in [-0.2, 0) is 13.0 Å². The smallest absolute Gasteiger partial charge is 0.270 e. The molecule has 3 rings (SSSR count). The fourth-order valence-corrected chi connectivity index (χ4v) is 3.06. The lowest BCUT2D eigenvalue weighted by molar-refractivity contribution is -0.384. The van der Waals surface area contributed by atoms with Crippen molar-refractivity contribution in [1.82, 2.24) is 9.47 Å². The van der Waals surface area contributed by atoms with Gasteiger partial charge in [-0.2, -0.15) is 0 Å². The first-order valence-electron chi connectivity index (χ1n) is 7.84. The van der Waals surface area contributed by atoms with E-state index in [-0.39, 0.29) is 10.6 Å². The quantitative estimate of drug-likeness (QED) is 0.643. The number of aromatic nitrogens is 1. The van der Waals surface area contributed by atoms with Gasteiger partial charge >= 0.3 is 0 Å². The Hall–Kier alpha value is -2.40. The molecule has 1 aromatic heterocycles. The maximum Gasteiger partial charge on any atom is 0.270 e. The molecule has 0 amide bonds. The molecule has 5 nitrogen and oxygen atoms in total. The first-order chi connectivity index (χ1) is 11.1. The highest BCUT2D eigenvalue weighted by Crippen LogP contribution is 2.33. The second-order valence-electron chi connectivity index (χ2n) is 6.15. The summed E-state index contributed by atoms with van der Waals surface area (Å²) in [5, 5.41) is 11.2. The van der Waals surface area contributed by atoms with Gasteiger partial charge in [-0.05, 0) is 50.2 Å². The second kappa shape index (κ2) is 6.38. The van der Waals surface area contributed by atoms with Crippen molar-refractivity contribution >= 4 is 11.3 Å². The van der Waals surface area contributed by atoms with E-state index in [0.29, 0.717) is 0 Å². The van der Waals surface area contributed by atoms with Gasteiger partial charge in [0.15, 0.2) is 0 Å². The van der Waals surface area contributed by atoms with E-state index >= 15 is 0 Å². The predicted octanol–water partition coefficient (Wildman–Crippen LogP) is 3.34. The van der Waals surface area contributed by atoms with Gasteiger partial charge in [0.05, 0.1) is 4.92 Å². The zero-order valence-electron chi connectivity index (χ0n) is 13.5. The van der Waals surface area contributed by atoms with Gasteiger partial charge in [-0.15, -0.1) is 0 Å². The number of benzene rings is 1. The number of fused-ring (bicyclic) bond motifs is 2. The number of hydrogen-bond acceptors (Lipinski definition) is 3. The SMILES string of the molecule is CN(C)CC/C=C1\c2cc([N+](=O)[O-])ccc2CCn2cccc21. The number of nitro benzene ring substituents is 1. The summed E-state index contributed by atoms with van der Waals surface area (Å²) in [5.74, 6) is 0. The van der Waals surface area contributed by atoms with Crippen molar-refractivity contribution in [3.8, 4) is 0 Å². The number of hydrogen-bond donors (Lipinski definition) is 0. The third kappa shape index (κ3) is 3.19. The summed E-state index contributed by atoms with van der Waals surface area (Å²) in [5.41, 5.74) is 4.57. The molecule has 0 aliphatic carbocycles. The van der Waals surface area contributed by atoms with E-state index < -0.39 is 0 Å². The zero-order chi connectivity index (χ0) is 16.4. The van der Waals surface area contributed by atoms with Gasteiger partial charge in [-0.1, -0.05) is 12.1 Å². The van der Waals surface area contributed by atoms with Crippen molar-refractivity contribution in [2.24, 2.45) is 0 Å². The standard InChI is InChI=1S/C18H21N3O2/c1-19(2)10-3-5-16-17-13-15(21(22)23)8-7-14(17)9-12-20-11-4-6-18(16)20/h4-8,11,13H,3,9-10,12H2,1-2H3/b16-5+. The van der Waals surface area contributed by atoms with Gasteiger partial charge in [-0.25, -0.2) is 0 Å². The number of nitro groups is 1. The van der Waals surface area contributed by atoms with Crippen LogP contribution in [0.15, 0.2) is 42.6 Å². The lowest BCUT2D eigenvalue weighted by Crippen LogP contribution is -2.12.